The van der Waals surface area contributed by atoms with Crippen molar-refractivity contribution >= 4 is 23.0 Å². The molecular weight excluding hydrogens is 488 g/mol. The summed E-state index contributed by atoms with van der Waals surface area (Å²) in [5.74, 6) is 2.09. The number of carbonyl (C=O) groups excluding carboxylic acids is 2. The molecule has 0 saturated heterocycles. The average molecular weight is 535 g/mol. The van der Waals surface area contributed by atoms with Gasteiger partial charge in [-0.25, -0.2) is 9.78 Å². The van der Waals surface area contributed by atoms with Gasteiger partial charge in [-0.15, -0.1) is 0 Å². The number of rotatable bonds is 15. The summed E-state index contributed by atoms with van der Waals surface area (Å²) in [6.45, 7) is 13.5. The van der Waals surface area contributed by atoms with Crippen LogP contribution >= 0.6 is 0 Å². The fourth-order valence-electron chi connectivity index (χ4n) is 4.70. The van der Waals surface area contributed by atoms with Crippen LogP contribution in [0, 0.1) is 5.92 Å². The van der Waals surface area contributed by atoms with E-state index in [4.69, 9.17) is 9.72 Å². The van der Waals surface area contributed by atoms with Crippen LogP contribution in [0.2, 0.25) is 0 Å². The summed E-state index contributed by atoms with van der Waals surface area (Å²) in [6, 6.07) is 13.5. The van der Waals surface area contributed by atoms with E-state index in [1.165, 1.54) is 19.3 Å². The normalized spacial score (nSPS) is 11.2. The van der Waals surface area contributed by atoms with Crippen LogP contribution in [0.5, 0.6) is 5.75 Å². The van der Waals surface area contributed by atoms with E-state index in [1.807, 2.05) is 61.2 Å². The number of hydrogen-bond acceptors (Lipinski definition) is 4. The van der Waals surface area contributed by atoms with Gasteiger partial charge < -0.3 is 19.5 Å². The van der Waals surface area contributed by atoms with Crippen molar-refractivity contribution in [3.8, 4) is 5.75 Å². The van der Waals surface area contributed by atoms with Gasteiger partial charge in [0.1, 0.15) is 11.6 Å². The first-order chi connectivity index (χ1) is 18.9. The lowest BCUT2D eigenvalue weighted by molar-refractivity contribution is 0.0773. The lowest BCUT2D eigenvalue weighted by Gasteiger charge is -2.18. The van der Waals surface area contributed by atoms with Gasteiger partial charge in [-0.3, -0.25) is 4.79 Å². The minimum absolute atomic E-state index is 0.0382. The molecule has 0 aliphatic heterocycles. The Morgan fingerprint density at radius 3 is 2.36 bits per heavy atom. The van der Waals surface area contributed by atoms with Crippen molar-refractivity contribution in [3.63, 3.8) is 0 Å². The van der Waals surface area contributed by atoms with Gasteiger partial charge in [-0.05, 0) is 68.5 Å². The number of unbranched alkanes of at least 4 members (excludes halogenated alkanes) is 4. The third-order valence-electron chi connectivity index (χ3n) is 7.10. The largest absolute Gasteiger partial charge is 0.412 e. The molecule has 0 unspecified atom stereocenters. The second-order valence-electron chi connectivity index (χ2n) is 10.6. The lowest BCUT2D eigenvalue weighted by atomic mass is 10.1. The number of imidazole rings is 1. The number of amides is 2. The maximum atomic E-state index is 12.9. The van der Waals surface area contributed by atoms with Crippen LogP contribution in [0.15, 0.2) is 42.5 Å². The van der Waals surface area contributed by atoms with Crippen LogP contribution < -0.4 is 10.1 Å². The van der Waals surface area contributed by atoms with Crippen molar-refractivity contribution in [2.24, 2.45) is 5.92 Å². The maximum absolute atomic E-state index is 12.9. The third-order valence-corrected chi connectivity index (χ3v) is 7.10. The fourth-order valence-corrected chi connectivity index (χ4v) is 4.70. The van der Waals surface area contributed by atoms with Gasteiger partial charge in [0.05, 0.1) is 11.0 Å². The first-order valence-electron chi connectivity index (χ1n) is 14.7. The Morgan fingerprint density at radius 2 is 1.69 bits per heavy atom. The van der Waals surface area contributed by atoms with Crippen LogP contribution in [-0.4, -0.2) is 46.1 Å². The van der Waals surface area contributed by atoms with Gasteiger partial charge in [0.15, 0.2) is 0 Å². The monoisotopic (exact) mass is 534 g/mol. The van der Waals surface area contributed by atoms with Crippen molar-refractivity contribution in [3.05, 3.63) is 59.4 Å². The molecule has 1 aromatic heterocycles. The fraction of sp³-hybridized carbons (Fsp3) is 0.531. The second kappa shape index (κ2) is 15.3. The third kappa shape index (κ3) is 8.84. The molecule has 2 amide bonds. The molecule has 1 N–H and O–H groups in total. The number of aryl methyl sites for hydroxylation is 1. The Labute approximate surface area is 233 Å². The zero-order chi connectivity index (χ0) is 28.2. The van der Waals surface area contributed by atoms with Crippen LogP contribution in [0.4, 0.5) is 4.79 Å². The highest BCUT2D eigenvalue weighted by molar-refractivity contribution is 5.97. The van der Waals surface area contributed by atoms with Crippen LogP contribution in [0.25, 0.3) is 11.0 Å². The zero-order valence-corrected chi connectivity index (χ0v) is 24.5. The van der Waals surface area contributed by atoms with Gasteiger partial charge in [0.2, 0.25) is 0 Å². The summed E-state index contributed by atoms with van der Waals surface area (Å²) in [6.07, 6.45) is 7.02. The first kappa shape index (κ1) is 30.2. The van der Waals surface area contributed by atoms with Gasteiger partial charge in [0, 0.05) is 38.2 Å². The van der Waals surface area contributed by atoms with Crippen LogP contribution in [-0.2, 0) is 13.0 Å². The summed E-state index contributed by atoms with van der Waals surface area (Å²) in [5, 5.41) is 2.83. The Bertz CT molecular complexity index is 1200. The molecule has 0 aliphatic carbocycles. The number of ether oxygens (including phenoxy) is 1. The minimum Gasteiger partial charge on any atom is -0.410 e. The Balaban J connectivity index is 1.71. The highest BCUT2D eigenvalue weighted by atomic mass is 16.6. The van der Waals surface area contributed by atoms with E-state index in [0.717, 1.165) is 48.2 Å². The molecule has 3 aromatic rings. The van der Waals surface area contributed by atoms with Gasteiger partial charge in [0.25, 0.3) is 5.91 Å². The standard InChI is InChI=1S/C32H46N4O3/c1-6-9-10-11-12-20-33-32(38)39-27-16-13-25(14-17-27)22-30-34-28-23-26(31(37)35(7-2)8-3)15-18-29(28)36(30)21-19-24(4)5/h13-18,23-24H,6-12,19-22H2,1-5H3,(H,33,38). The minimum atomic E-state index is -0.413. The highest BCUT2D eigenvalue weighted by Crippen LogP contribution is 2.23. The molecule has 1 heterocycles. The summed E-state index contributed by atoms with van der Waals surface area (Å²) in [4.78, 5) is 31.8. The van der Waals surface area contributed by atoms with Gasteiger partial charge >= 0.3 is 6.09 Å². The predicted octanol–water partition coefficient (Wildman–Crippen LogP) is 7.21. The van der Waals surface area contributed by atoms with Gasteiger partial charge in [-0.1, -0.05) is 58.6 Å². The molecule has 39 heavy (non-hydrogen) atoms. The Hall–Kier alpha value is -3.35. The van der Waals surface area contributed by atoms with E-state index in [1.54, 1.807) is 0 Å². The summed E-state index contributed by atoms with van der Waals surface area (Å²) >= 11 is 0. The summed E-state index contributed by atoms with van der Waals surface area (Å²) in [5.41, 5.74) is 3.65. The SMILES string of the molecule is CCCCCCCNC(=O)Oc1ccc(Cc2nc3cc(C(=O)N(CC)CC)ccc3n2CCC(C)C)cc1. The van der Waals surface area contributed by atoms with Crippen molar-refractivity contribution < 1.29 is 14.3 Å². The summed E-state index contributed by atoms with van der Waals surface area (Å²) < 4.78 is 7.73. The second-order valence-corrected chi connectivity index (χ2v) is 10.6. The molecule has 7 heteroatoms. The van der Waals surface area contributed by atoms with Crippen molar-refractivity contribution in [1.82, 2.24) is 19.8 Å². The van der Waals surface area contributed by atoms with Crippen molar-refractivity contribution in [1.29, 1.82) is 0 Å². The molecule has 0 saturated carbocycles. The lowest BCUT2D eigenvalue weighted by Crippen LogP contribution is -2.30. The Kier molecular flexibility index (Phi) is 11.8. The number of nitrogens with one attached hydrogen (secondary N) is 1. The summed E-state index contributed by atoms with van der Waals surface area (Å²) in [7, 11) is 0. The zero-order valence-electron chi connectivity index (χ0n) is 24.5. The van der Waals surface area contributed by atoms with Crippen LogP contribution in [0.3, 0.4) is 0 Å². The molecule has 0 spiro atoms. The smallest absolute Gasteiger partial charge is 0.410 e. The molecule has 212 valence electrons. The number of benzene rings is 2. The molecule has 3 rings (SSSR count). The average Bonchev–Trinajstić information content (AvgIpc) is 3.27. The van der Waals surface area contributed by atoms with E-state index in [2.05, 4.69) is 30.7 Å². The van der Waals surface area contributed by atoms with Crippen molar-refractivity contribution in [2.45, 2.75) is 86.1 Å². The molecule has 0 bridgehead atoms. The number of fused-ring (bicyclic) bond motifs is 1. The topological polar surface area (TPSA) is 76.5 Å². The maximum Gasteiger partial charge on any atom is 0.412 e. The highest BCUT2D eigenvalue weighted by Gasteiger charge is 2.17. The number of hydrogen-bond donors (Lipinski definition) is 1. The molecule has 0 fully saturated rings. The predicted molar refractivity (Wildman–Crippen MR) is 158 cm³/mol. The molecular formula is C32H46N4O3. The molecule has 0 aliphatic rings. The van der Waals surface area contributed by atoms with E-state index in [-0.39, 0.29) is 5.91 Å². The quantitative estimate of drug-likeness (QED) is 0.209. The van der Waals surface area contributed by atoms with E-state index >= 15 is 0 Å². The number of carbonyl (C=O) groups is 2. The van der Waals surface area contributed by atoms with Gasteiger partial charge in [-0.2, -0.15) is 0 Å². The van der Waals surface area contributed by atoms with Crippen LogP contribution in [0.1, 0.15) is 94.9 Å². The van der Waals surface area contributed by atoms with E-state index in [0.29, 0.717) is 43.3 Å². The molecule has 7 nitrogen and oxygen atoms in total. The number of nitrogens with zero attached hydrogens (tertiary/aromatic N) is 3. The molecule has 2 aromatic carbocycles. The van der Waals surface area contributed by atoms with Crippen molar-refractivity contribution in [2.75, 3.05) is 19.6 Å². The first-order valence-corrected chi connectivity index (χ1v) is 14.7. The molecule has 0 atom stereocenters. The van der Waals surface area contributed by atoms with E-state index < -0.39 is 6.09 Å². The van der Waals surface area contributed by atoms with E-state index in [9.17, 15) is 9.59 Å². The number of aromatic nitrogens is 2. The molecule has 0 radical (unpaired) electrons. The Morgan fingerprint density at radius 1 is 0.974 bits per heavy atom.